The molecule has 0 saturated heterocycles. The predicted molar refractivity (Wildman–Crippen MR) is 50.1 cm³/mol. The van der Waals surface area contributed by atoms with Crippen molar-refractivity contribution in [2.24, 2.45) is 7.05 Å². The van der Waals surface area contributed by atoms with Crippen molar-refractivity contribution >= 4 is 5.97 Å². The maximum absolute atomic E-state index is 10.7. The third-order valence-electron chi connectivity index (χ3n) is 2.08. The van der Waals surface area contributed by atoms with E-state index in [1.54, 1.807) is 11.7 Å². The fourth-order valence-corrected chi connectivity index (χ4v) is 1.32. The van der Waals surface area contributed by atoms with E-state index in [9.17, 15) is 4.79 Å². The van der Waals surface area contributed by atoms with Crippen LogP contribution in [-0.2, 0) is 23.0 Å². The number of methoxy groups -OCH3 is 1. The smallest absolute Gasteiger partial charge is 0.333 e. The van der Waals surface area contributed by atoms with E-state index >= 15 is 0 Å². The quantitative estimate of drug-likeness (QED) is 0.759. The molecule has 78 valence electrons. The second kappa shape index (κ2) is 4.23. The molecule has 0 fully saturated rings. The summed E-state index contributed by atoms with van der Waals surface area (Å²) in [5.41, 5.74) is 1.75. The van der Waals surface area contributed by atoms with E-state index in [1.165, 1.54) is 7.11 Å². The first-order valence-corrected chi connectivity index (χ1v) is 4.29. The van der Waals surface area contributed by atoms with Crippen molar-refractivity contribution in [3.05, 3.63) is 17.5 Å². The largest absolute Gasteiger partial charge is 0.479 e. The minimum absolute atomic E-state index is 0.353. The first kappa shape index (κ1) is 10.7. The van der Waals surface area contributed by atoms with Gasteiger partial charge in [-0.2, -0.15) is 5.10 Å². The maximum atomic E-state index is 10.7. The van der Waals surface area contributed by atoms with Crippen molar-refractivity contribution in [3.8, 4) is 0 Å². The van der Waals surface area contributed by atoms with Crippen LogP contribution in [0.5, 0.6) is 0 Å². The highest BCUT2D eigenvalue weighted by molar-refractivity contribution is 5.72. The first-order valence-electron chi connectivity index (χ1n) is 4.29. The van der Waals surface area contributed by atoms with Gasteiger partial charge < -0.3 is 9.84 Å². The zero-order chi connectivity index (χ0) is 10.7. The van der Waals surface area contributed by atoms with Gasteiger partial charge in [0.05, 0.1) is 5.69 Å². The number of carboxylic acids is 1. The van der Waals surface area contributed by atoms with E-state index in [-0.39, 0.29) is 0 Å². The van der Waals surface area contributed by atoms with Crippen molar-refractivity contribution in [2.75, 3.05) is 7.11 Å². The molecular formula is C9H14N2O3. The van der Waals surface area contributed by atoms with Crippen molar-refractivity contribution < 1.29 is 14.6 Å². The van der Waals surface area contributed by atoms with E-state index < -0.39 is 12.1 Å². The van der Waals surface area contributed by atoms with Crippen LogP contribution < -0.4 is 0 Å². The molecule has 0 spiro atoms. The molecule has 1 aromatic heterocycles. The van der Waals surface area contributed by atoms with Crippen LogP contribution in [0.3, 0.4) is 0 Å². The SMILES string of the molecule is COC(Cc1cn(C)nc1C)C(=O)O. The Hall–Kier alpha value is -1.36. The Bertz CT molecular complexity index is 333. The second-order valence-corrected chi connectivity index (χ2v) is 3.18. The summed E-state index contributed by atoms with van der Waals surface area (Å²) in [5, 5.41) is 12.9. The van der Waals surface area contributed by atoms with Crippen LogP contribution >= 0.6 is 0 Å². The van der Waals surface area contributed by atoms with Crippen LogP contribution in [0.2, 0.25) is 0 Å². The number of hydrogen-bond donors (Lipinski definition) is 1. The molecule has 0 aliphatic heterocycles. The highest BCUT2D eigenvalue weighted by Crippen LogP contribution is 2.09. The van der Waals surface area contributed by atoms with Crippen molar-refractivity contribution in [3.63, 3.8) is 0 Å². The Kier molecular flexibility index (Phi) is 3.24. The molecule has 1 heterocycles. The Balaban J connectivity index is 2.76. The van der Waals surface area contributed by atoms with Gasteiger partial charge in [0.1, 0.15) is 0 Å². The third-order valence-corrected chi connectivity index (χ3v) is 2.08. The van der Waals surface area contributed by atoms with Gasteiger partial charge in [0.15, 0.2) is 6.10 Å². The molecule has 5 nitrogen and oxygen atoms in total. The molecule has 1 N–H and O–H groups in total. The van der Waals surface area contributed by atoms with Crippen LogP contribution in [0, 0.1) is 6.92 Å². The lowest BCUT2D eigenvalue weighted by Gasteiger charge is -2.08. The van der Waals surface area contributed by atoms with Gasteiger partial charge in [0.25, 0.3) is 0 Å². The van der Waals surface area contributed by atoms with Crippen molar-refractivity contribution in [1.82, 2.24) is 9.78 Å². The van der Waals surface area contributed by atoms with Crippen LogP contribution in [0.25, 0.3) is 0 Å². The summed E-state index contributed by atoms with van der Waals surface area (Å²) in [7, 11) is 3.20. The van der Waals surface area contributed by atoms with Gasteiger partial charge in [-0.05, 0) is 12.5 Å². The third kappa shape index (κ3) is 2.32. The van der Waals surface area contributed by atoms with E-state index in [0.29, 0.717) is 6.42 Å². The summed E-state index contributed by atoms with van der Waals surface area (Å²) >= 11 is 0. The molecule has 5 heteroatoms. The molecule has 0 saturated carbocycles. The normalized spacial score (nSPS) is 12.8. The molecule has 0 amide bonds. The molecule has 1 atom stereocenters. The predicted octanol–water partition coefficient (Wildman–Crippen LogP) is 0.371. The van der Waals surface area contributed by atoms with Gasteiger partial charge in [0, 0.05) is 26.8 Å². The zero-order valence-corrected chi connectivity index (χ0v) is 8.52. The minimum atomic E-state index is -0.948. The number of aromatic nitrogens is 2. The van der Waals surface area contributed by atoms with Gasteiger partial charge >= 0.3 is 5.97 Å². The van der Waals surface area contributed by atoms with E-state index in [0.717, 1.165) is 11.3 Å². The summed E-state index contributed by atoms with van der Waals surface area (Å²) in [4.78, 5) is 10.7. The highest BCUT2D eigenvalue weighted by atomic mass is 16.5. The lowest BCUT2D eigenvalue weighted by atomic mass is 10.1. The van der Waals surface area contributed by atoms with Gasteiger partial charge in [0.2, 0.25) is 0 Å². The van der Waals surface area contributed by atoms with Crippen LogP contribution in [0.1, 0.15) is 11.3 Å². The average molecular weight is 198 g/mol. The molecule has 1 aromatic rings. The zero-order valence-electron chi connectivity index (χ0n) is 8.52. The molecular weight excluding hydrogens is 184 g/mol. The van der Waals surface area contributed by atoms with Crippen LogP contribution in [0.15, 0.2) is 6.20 Å². The number of carboxylic acid groups (broad SMARTS) is 1. The fourth-order valence-electron chi connectivity index (χ4n) is 1.32. The fraction of sp³-hybridized carbons (Fsp3) is 0.556. The molecule has 1 unspecified atom stereocenters. The Labute approximate surface area is 82.3 Å². The standard InChI is InChI=1S/C9H14N2O3/c1-6-7(5-11(2)10-6)4-8(14-3)9(12)13/h5,8H,4H2,1-3H3,(H,12,13). The van der Waals surface area contributed by atoms with E-state index in [1.807, 2.05) is 13.1 Å². The van der Waals surface area contributed by atoms with E-state index in [2.05, 4.69) is 5.10 Å². The Morgan fingerprint density at radius 3 is 2.79 bits per heavy atom. The first-order chi connectivity index (χ1) is 6.54. The number of aliphatic carboxylic acids is 1. The van der Waals surface area contributed by atoms with Gasteiger partial charge in [-0.3, -0.25) is 4.68 Å². The summed E-state index contributed by atoms with van der Waals surface area (Å²) in [6.07, 6.45) is 1.37. The summed E-state index contributed by atoms with van der Waals surface area (Å²) in [6.45, 7) is 1.85. The van der Waals surface area contributed by atoms with Gasteiger partial charge in [-0.1, -0.05) is 0 Å². The van der Waals surface area contributed by atoms with Gasteiger partial charge in [-0.25, -0.2) is 4.79 Å². The Morgan fingerprint density at radius 2 is 2.43 bits per heavy atom. The molecule has 0 bridgehead atoms. The molecule has 0 radical (unpaired) electrons. The number of aryl methyl sites for hydroxylation is 2. The number of rotatable bonds is 4. The molecule has 0 aliphatic rings. The molecule has 1 rings (SSSR count). The maximum Gasteiger partial charge on any atom is 0.333 e. The highest BCUT2D eigenvalue weighted by Gasteiger charge is 2.18. The molecule has 0 aromatic carbocycles. The molecule has 0 aliphatic carbocycles. The van der Waals surface area contributed by atoms with Gasteiger partial charge in [-0.15, -0.1) is 0 Å². The van der Waals surface area contributed by atoms with E-state index in [4.69, 9.17) is 9.84 Å². The minimum Gasteiger partial charge on any atom is -0.479 e. The number of ether oxygens (including phenoxy) is 1. The Morgan fingerprint density at radius 1 is 1.79 bits per heavy atom. The van der Waals surface area contributed by atoms with Crippen molar-refractivity contribution in [1.29, 1.82) is 0 Å². The van der Waals surface area contributed by atoms with Crippen molar-refractivity contribution in [2.45, 2.75) is 19.4 Å². The van der Waals surface area contributed by atoms with Crippen LogP contribution in [-0.4, -0.2) is 34.1 Å². The number of nitrogens with zero attached hydrogens (tertiary/aromatic N) is 2. The topological polar surface area (TPSA) is 64.4 Å². The lowest BCUT2D eigenvalue weighted by Crippen LogP contribution is -2.24. The lowest BCUT2D eigenvalue weighted by molar-refractivity contribution is -0.148. The summed E-state index contributed by atoms with van der Waals surface area (Å²) in [6, 6.07) is 0. The molecule has 14 heavy (non-hydrogen) atoms. The number of hydrogen-bond acceptors (Lipinski definition) is 3. The summed E-state index contributed by atoms with van der Waals surface area (Å²) in [5.74, 6) is -0.948. The van der Waals surface area contributed by atoms with Crippen LogP contribution in [0.4, 0.5) is 0 Å². The average Bonchev–Trinajstić information content (AvgIpc) is 2.40. The number of carbonyl (C=O) groups is 1. The summed E-state index contributed by atoms with van der Waals surface area (Å²) < 4.78 is 6.51. The monoisotopic (exact) mass is 198 g/mol. The second-order valence-electron chi connectivity index (χ2n) is 3.18.